The lowest BCUT2D eigenvalue weighted by Crippen LogP contribution is -2.61. The summed E-state index contributed by atoms with van der Waals surface area (Å²) in [6.45, 7) is 3.81. The molecule has 1 aliphatic carbocycles. The van der Waals surface area contributed by atoms with E-state index in [1.807, 2.05) is 36.4 Å². The third kappa shape index (κ3) is 5.22. The van der Waals surface area contributed by atoms with Crippen molar-refractivity contribution in [2.45, 2.75) is 44.2 Å². The maximum Gasteiger partial charge on any atom is 0.408 e. The molecule has 2 aromatic carbocycles. The number of hydrogen-bond donors (Lipinski definition) is 3. The van der Waals surface area contributed by atoms with E-state index in [4.69, 9.17) is 4.74 Å². The molecule has 0 saturated carbocycles. The second-order valence-electron chi connectivity index (χ2n) is 8.87. The van der Waals surface area contributed by atoms with E-state index in [-0.39, 0.29) is 31.9 Å². The molecule has 0 fully saturated rings. The van der Waals surface area contributed by atoms with Crippen LogP contribution in [0.15, 0.2) is 48.5 Å². The second kappa shape index (κ2) is 10.7. The van der Waals surface area contributed by atoms with Crippen molar-refractivity contribution in [2.75, 3.05) is 27.2 Å². The summed E-state index contributed by atoms with van der Waals surface area (Å²) in [4.78, 5) is 39.2. The Labute approximate surface area is 200 Å². The first-order valence-electron chi connectivity index (χ1n) is 11.5. The predicted molar refractivity (Wildman–Crippen MR) is 130 cm³/mol. The van der Waals surface area contributed by atoms with Crippen LogP contribution in [-0.2, 0) is 14.3 Å². The van der Waals surface area contributed by atoms with Crippen molar-refractivity contribution in [1.82, 2.24) is 15.5 Å². The second-order valence-corrected chi connectivity index (χ2v) is 8.87. The quantitative estimate of drug-likeness (QED) is 0.495. The summed E-state index contributed by atoms with van der Waals surface area (Å²) in [6.07, 6.45) is -0.137. The standard InChI is InChI=1S/C26H33N3O5/c1-5-26(6-2,24(32)27-22(23(30)31)15-29(3)4)28-25(33)34-16-21-19-13-9-7-11-17(19)18-12-8-10-14-20(18)21/h7-14,21-22H,5-6,15-16H2,1-4H3,(H,27,32)(H,28,33)(H,30,31). The number of aliphatic carboxylic acids is 1. The zero-order valence-electron chi connectivity index (χ0n) is 20.1. The number of ether oxygens (including phenoxy) is 1. The summed E-state index contributed by atoms with van der Waals surface area (Å²) < 4.78 is 5.61. The van der Waals surface area contributed by atoms with Crippen molar-refractivity contribution in [3.8, 4) is 11.1 Å². The number of nitrogens with one attached hydrogen (secondary N) is 2. The zero-order valence-corrected chi connectivity index (χ0v) is 20.1. The number of nitrogens with zero attached hydrogens (tertiary/aromatic N) is 1. The van der Waals surface area contributed by atoms with Gasteiger partial charge in [0.05, 0.1) is 0 Å². The molecule has 1 unspecified atom stereocenters. The van der Waals surface area contributed by atoms with Gasteiger partial charge in [0.1, 0.15) is 18.2 Å². The molecule has 1 aliphatic rings. The summed E-state index contributed by atoms with van der Waals surface area (Å²) in [5, 5.41) is 14.8. The molecule has 0 aliphatic heterocycles. The Hall–Kier alpha value is -3.39. The molecule has 8 nitrogen and oxygen atoms in total. The van der Waals surface area contributed by atoms with E-state index >= 15 is 0 Å². The van der Waals surface area contributed by atoms with Gasteiger partial charge in [0.2, 0.25) is 5.91 Å². The maximum absolute atomic E-state index is 13.1. The molecule has 2 aromatic rings. The van der Waals surface area contributed by atoms with Gasteiger partial charge in [-0.1, -0.05) is 62.4 Å². The van der Waals surface area contributed by atoms with Crippen LogP contribution in [0.5, 0.6) is 0 Å². The summed E-state index contributed by atoms with van der Waals surface area (Å²) in [6, 6.07) is 15.0. The number of carboxylic acid groups (broad SMARTS) is 1. The minimum atomic E-state index is -1.28. The van der Waals surface area contributed by atoms with Crippen molar-refractivity contribution in [3.63, 3.8) is 0 Å². The number of hydrogen-bond acceptors (Lipinski definition) is 5. The molecule has 8 heteroatoms. The first kappa shape index (κ1) is 25.2. The number of likely N-dealkylation sites (N-methyl/N-ethyl adjacent to an activating group) is 1. The first-order valence-corrected chi connectivity index (χ1v) is 11.5. The van der Waals surface area contributed by atoms with Gasteiger partial charge in [0.25, 0.3) is 0 Å². The average molecular weight is 468 g/mol. The third-order valence-corrected chi connectivity index (χ3v) is 6.48. The van der Waals surface area contributed by atoms with Crippen LogP contribution in [0.2, 0.25) is 0 Å². The number of fused-ring (bicyclic) bond motifs is 3. The van der Waals surface area contributed by atoms with Crippen molar-refractivity contribution < 1.29 is 24.2 Å². The van der Waals surface area contributed by atoms with Crippen molar-refractivity contribution >= 4 is 18.0 Å². The lowest BCUT2D eigenvalue weighted by Gasteiger charge is -2.32. The van der Waals surface area contributed by atoms with Gasteiger partial charge in [-0.15, -0.1) is 0 Å². The minimum Gasteiger partial charge on any atom is -0.480 e. The molecule has 0 heterocycles. The van der Waals surface area contributed by atoms with Crippen LogP contribution in [-0.4, -0.2) is 66.8 Å². The number of benzene rings is 2. The molecule has 2 amide bonds. The smallest absolute Gasteiger partial charge is 0.408 e. The number of carbonyl (C=O) groups is 3. The summed E-state index contributed by atoms with van der Waals surface area (Å²) >= 11 is 0. The highest BCUT2D eigenvalue weighted by Gasteiger charge is 2.39. The van der Waals surface area contributed by atoms with Gasteiger partial charge in [0, 0.05) is 12.5 Å². The van der Waals surface area contributed by atoms with Crippen LogP contribution in [0, 0.1) is 0 Å². The molecule has 0 spiro atoms. The Bertz CT molecular complexity index is 1000. The Balaban J connectivity index is 1.71. The minimum absolute atomic E-state index is 0.0962. The number of carbonyl (C=O) groups excluding carboxylic acids is 2. The van der Waals surface area contributed by atoms with Gasteiger partial charge in [-0.25, -0.2) is 9.59 Å². The van der Waals surface area contributed by atoms with Gasteiger partial charge in [-0.2, -0.15) is 0 Å². The van der Waals surface area contributed by atoms with E-state index in [1.54, 1.807) is 32.8 Å². The lowest BCUT2D eigenvalue weighted by atomic mass is 9.91. The first-order chi connectivity index (χ1) is 16.2. The predicted octanol–water partition coefficient (Wildman–Crippen LogP) is 3.21. The van der Waals surface area contributed by atoms with Gasteiger partial charge < -0.3 is 25.4 Å². The number of rotatable bonds is 10. The Morgan fingerprint density at radius 1 is 1.00 bits per heavy atom. The molecule has 3 rings (SSSR count). The molecular formula is C26H33N3O5. The Morgan fingerprint density at radius 2 is 1.53 bits per heavy atom. The van der Waals surface area contributed by atoms with E-state index < -0.39 is 29.6 Å². The monoisotopic (exact) mass is 467 g/mol. The fraction of sp³-hybridized carbons (Fsp3) is 0.423. The topological polar surface area (TPSA) is 108 Å². The van der Waals surface area contributed by atoms with Gasteiger partial charge in [-0.3, -0.25) is 4.79 Å². The van der Waals surface area contributed by atoms with E-state index in [2.05, 4.69) is 22.8 Å². The fourth-order valence-electron chi connectivity index (χ4n) is 4.48. The highest BCUT2D eigenvalue weighted by Crippen LogP contribution is 2.44. The third-order valence-electron chi connectivity index (χ3n) is 6.48. The van der Waals surface area contributed by atoms with Crippen molar-refractivity contribution in [3.05, 3.63) is 59.7 Å². The molecule has 34 heavy (non-hydrogen) atoms. The molecule has 0 bridgehead atoms. The molecule has 0 saturated heterocycles. The van der Waals surface area contributed by atoms with Crippen molar-refractivity contribution in [1.29, 1.82) is 0 Å². The van der Waals surface area contributed by atoms with Crippen LogP contribution in [0.4, 0.5) is 4.79 Å². The van der Waals surface area contributed by atoms with E-state index in [0.29, 0.717) is 0 Å². The van der Waals surface area contributed by atoms with Gasteiger partial charge in [-0.05, 0) is 49.2 Å². The molecule has 1 atom stereocenters. The van der Waals surface area contributed by atoms with Crippen LogP contribution in [0.1, 0.15) is 43.7 Å². The zero-order chi connectivity index (χ0) is 24.9. The van der Waals surface area contributed by atoms with E-state index in [1.165, 1.54) is 0 Å². The lowest BCUT2D eigenvalue weighted by molar-refractivity contribution is -0.143. The SMILES string of the molecule is CCC(CC)(NC(=O)OCC1c2ccccc2-c2ccccc21)C(=O)NC(CN(C)C)C(=O)O. The number of alkyl carbamates (subject to hydrolysis) is 1. The highest BCUT2D eigenvalue weighted by molar-refractivity contribution is 5.92. The number of amides is 2. The molecule has 182 valence electrons. The molecular weight excluding hydrogens is 434 g/mol. The van der Waals surface area contributed by atoms with Crippen LogP contribution >= 0.6 is 0 Å². The van der Waals surface area contributed by atoms with Crippen LogP contribution in [0.3, 0.4) is 0 Å². The van der Waals surface area contributed by atoms with Crippen molar-refractivity contribution in [2.24, 2.45) is 0 Å². The van der Waals surface area contributed by atoms with E-state index in [9.17, 15) is 19.5 Å². The molecule has 3 N–H and O–H groups in total. The highest BCUT2D eigenvalue weighted by atomic mass is 16.5. The molecule has 0 aromatic heterocycles. The summed E-state index contributed by atoms with van der Waals surface area (Å²) in [5.41, 5.74) is 3.17. The number of carboxylic acids is 1. The summed E-state index contributed by atoms with van der Waals surface area (Å²) in [5.74, 6) is -1.77. The summed E-state index contributed by atoms with van der Waals surface area (Å²) in [7, 11) is 3.45. The van der Waals surface area contributed by atoms with E-state index in [0.717, 1.165) is 22.3 Å². The van der Waals surface area contributed by atoms with Gasteiger partial charge in [0.15, 0.2) is 0 Å². The normalized spacial score (nSPS) is 13.7. The Morgan fingerprint density at radius 3 is 2.00 bits per heavy atom. The molecule has 0 radical (unpaired) electrons. The largest absolute Gasteiger partial charge is 0.480 e. The average Bonchev–Trinajstić information content (AvgIpc) is 3.14. The maximum atomic E-state index is 13.1. The van der Waals surface area contributed by atoms with Crippen LogP contribution < -0.4 is 10.6 Å². The fourth-order valence-corrected chi connectivity index (χ4v) is 4.48. The van der Waals surface area contributed by atoms with Crippen LogP contribution in [0.25, 0.3) is 11.1 Å². The van der Waals surface area contributed by atoms with Gasteiger partial charge >= 0.3 is 12.1 Å². The Kier molecular flexibility index (Phi) is 7.94.